The molecule has 0 atom stereocenters. The first-order valence-electron chi connectivity index (χ1n) is 7.26. The predicted molar refractivity (Wildman–Crippen MR) is 81.2 cm³/mol. The second-order valence-corrected chi connectivity index (χ2v) is 5.41. The smallest absolute Gasteiger partial charge is 0.228 e. The van der Waals surface area contributed by atoms with Crippen molar-refractivity contribution in [3.05, 3.63) is 42.2 Å². The Hall–Kier alpha value is -2.30. The van der Waals surface area contributed by atoms with Crippen molar-refractivity contribution in [3.63, 3.8) is 0 Å². The third-order valence-corrected chi connectivity index (χ3v) is 3.87. The number of hydrogen-bond donors (Lipinski definition) is 1. The van der Waals surface area contributed by atoms with Crippen LogP contribution in [0.5, 0.6) is 0 Å². The van der Waals surface area contributed by atoms with Crippen molar-refractivity contribution in [3.8, 4) is 0 Å². The van der Waals surface area contributed by atoms with Crippen LogP contribution in [-0.2, 0) is 4.79 Å². The summed E-state index contributed by atoms with van der Waals surface area (Å²) in [5, 5.41) is 6.62. The molecule has 0 unspecified atom stereocenters. The number of para-hydroxylation sites is 1. The molecule has 5 heteroatoms. The average Bonchev–Trinajstić information content (AvgIpc) is 2.93. The van der Waals surface area contributed by atoms with E-state index in [9.17, 15) is 4.79 Å². The van der Waals surface area contributed by atoms with Gasteiger partial charge in [0.2, 0.25) is 5.91 Å². The van der Waals surface area contributed by atoms with Crippen molar-refractivity contribution in [1.29, 1.82) is 0 Å². The number of piperidine rings is 1. The maximum atomic E-state index is 12.2. The summed E-state index contributed by atoms with van der Waals surface area (Å²) in [6.45, 7) is 3.61. The first kappa shape index (κ1) is 13.7. The Morgan fingerprint density at radius 3 is 2.62 bits per heavy atom. The predicted octanol–water partition coefficient (Wildman–Crippen LogP) is 2.84. The maximum absolute atomic E-state index is 12.2. The highest BCUT2D eigenvalue weighted by Crippen LogP contribution is 2.24. The number of aryl methyl sites for hydroxylation is 1. The molecule has 2 heterocycles. The summed E-state index contributed by atoms with van der Waals surface area (Å²) >= 11 is 0. The van der Waals surface area contributed by atoms with E-state index in [-0.39, 0.29) is 11.8 Å². The first-order chi connectivity index (χ1) is 10.2. The van der Waals surface area contributed by atoms with Gasteiger partial charge in [0.05, 0.1) is 0 Å². The number of amides is 1. The lowest BCUT2D eigenvalue weighted by Crippen LogP contribution is -2.38. The Balaban J connectivity index is 1.54. The van der Waals surface area contributed by atoms with Gasteiger partial charge in [-0.3, -0.25) is 4.79 Å². The zero-order chi connectivity index (χ0) is 14.7. The lowest BCUT2D eigenvalue weighted by atomic mass is 9.95. The van der Waals surface area contributed by atoms with E-state index in [1.54, 1.807) is 13.0 Å². The standard InChI is InChI=1S/C16H19N3O2/c1-12-11-15(18-21-12)17-16(20)13-7-9-19(10-8-13)14-5-3-2-4-6-14/h2-6,11,13H,7-10H2,1H3,(H,17,18,20). The molecule has 1 aliphatic rings. The lowest BCUT2D eigenvalue weighted by molar-refractivity contribution is -0.120. The molecule has 0 bridgehead atoms. The fourth-order valence-corrected chi connectivity index (χ4v) is 2.69. The topological polar surface area (TPSA) is 58.4 Å². The number of anilines is 2. The van der Waals surface area contributed by atoms with E-state index in [2.05, 4.69) is 27.5 Å². The van der Waals surface area contributed by atoms with Gasteiger partial charge in [-0.25, -0.2) is 0 Å². The summed E-state index contributed by atoms with van der Waals surface area (Å²) in [6, 6.07) is 12.1. The fraction of sp³-hybridized carbons (Fsp3) is 0.375. The number of hydrogen-bond acceptors (Lipinski definition) is 4. The molecular formula is C16H19N3O2. The highest BCUT2D eigenvalue weighted by molar-refractivity contribution is 5.91. The summed E-state index contributed by atoms with van der Waals surface area (Å²) in [7, 11) is 0. The maximum Gasteiger partial charge on any atom is 0.228 e. The molecule has 21 heavy (non-hydrogen) atoms. The fourth-order valence-electron chi connectivity index (χ4n) is 2.69. The summed E-state index contributed by atoms with van der Waals surface area (Å²) in [5.74, 6) is 1.28. The first-order valence-corrected chi connectivity index (χ1v) is 7.26. The van der Waals surface area contributed by atoms with E-state index in [1.807, 2.05) is 18.2 Å². The second kappa shape index (κ2) is 5.99. The molecule has 1 saturated heterocycles. The van der Waals surface area contributed by atoms with Gasteiger partial charge < -0.3 is 14.7 Å². The van der Waals surface area contributed by atoms with Crippen LogP contribution >= 0.6 is 0 Å². The minimum absolute atomic E-state index is 0.0380. The van der Waals surface area contributed by atoms with Gasteiger partial charge in [0.1, 0.15) is 5.76 Å². The number of aromatic nitrogens is 1. The van der Waals surface area contributed by atoms with Crippen LogP contribution in [-0.4, -0.2) is 24.2 Å². The van der Waals surface area contributed by atoms with E-state index in [4.69, 9.17) is 4.52 Å². The average molecular weight is 285 g/mol. The third kappa shape index (κ3) is 3.24. The number of carbonyl (C=O) groups is 1. The van der Waals surface area contributed by atoms with Gasteiger partial charge in [0, 0.05) is 30.8 Å². The third-order valence-electron chi connectivity index (χ3n) is 3.87. The van der Waals surface area contributed by atoms with Crippen LogP contribution in [0.1, 0.15) is 18.6 Å². The molecule has 110 valence electrons. The summed E-state index contributed by atoms with van der Waals surface area (Å²) in [5.41, 5.74) is 1.23. The van der Waals surface area contributed by atoms with Crippen molar-refractivity contribution in [2.45, 2.75) is 19.8 Å². The molecule has 0 aliphatic carbocycles. The van der Waals surface area contributed by atoms with E-state index < -0.39 is 0 Å². The van der Waals surface area contributed by atoms with Gasteiger partial charge in [-0.2, -0.15) is 0 Å². The number of rotatable bonds is 3. The molecule has 0 radical (unpaired) electrons. The van der Waals surface area contributed by atoms with Crippen LogP contribution in [0.4, 0.5) is 11.5 Å². The molecule has 3 rings (SSSR count). The Labute approximate surface area is 123 Å². The molecule has 1 N–H and O–H groups in total. The Morgan fingerprint density at radius 2 is 2.00 bits per heavy atom. The largest absolute Gasteiger partial charge is 0.371 e. The van der Waals surface area contributed by atoms with Crippen LogP contribution in [0, 0.1) is 12.8 Å². The van der Waals surface area contributed by atoms with Crippen LogP contribution in [0.15, 0.2) is 40.9 Å². The van der Waals surface area contributed by atoms with Crippen molar-refractivity contribution >= 4 is 17.4 Å². The molecule has 1 aliphatic heterocycles. The molecule has 1 aromatic carbocycles. The Morgan fingerprint density at radius 1 is 1.29 bits per heavy atom. The van der Waals surface area contributed by atoms with Crippen molar-refractivity contribution in [2.75, 3.05) is 23.3 Å². The van der Waals surface area contributed by atoms with E-state index in [0.29, 0.717) is 11.6 Å². The van der Waals surface area contributed by atoms with Gasteiger partial charge in [0.25, 0.3) is 0 Å². The van der Waals surface area contributed by atoms with Crippen LogP contribution in [0.25, 0.3) is 0 Å². The van der Waals surface area contributed by atoms with Crippen molar-refractivity contribution in [2.24, 2.45) is 5.92 Å². The Bertz CT molecular complexity index is 601. The zero-order valence-corrected chi connectivity index (χ0v) is 12.1. The normalized spacial score (nSPS) is 16.0. The molecule has 5 nitrogen and oxygen atoms in total. The van der Waals surface area contributed by atoms with Crippen LogP contribution in [0.2, 0.25) is 0 Å². The summed E-state index contributed by atoms with van der Waals surface area (Å²) < 4.78 is 4.95. The monoisotopic (exact) mass is 285 g/mol. The molecule has 1 amide bonds. The highest BCUT2D eigenvalue weighted by atomic mass is 16.5. The summed E-state index contributed by atoms with van der Waals surface area (Å²) in [6.07, 6.45) is 1.72. The van der Waals surface area contributed by atoms with Gasteiger partial charge in [-0.15, -0.1) is 0 Å². The zero-order valence-electron chi connectivity index (χ0n) is 12.1. The van der Waals surface area contributed by atoms with E-state index in [1.165, 1.54) is 5.69 Å². The van der Waals surface area contributed by atoms with E-state index >= 15 is 0 Å². The number of benzene rings is 1. The van der Waals surface area contributed by atoms with Gasteiger partial charge >= 0.3 is 0 Å². The summed E-state index contributed by atoms with van der Waals surface area (Å²) in [4.78, 5) is 14.5. The molecule has 1 fully saturated rings. The molecule has 0 saturated carbocycles. The van der Waals surface area contributed by atoms with Gasteiger partial charge in [-0.1, -0.05) is 23.4 Å². The van der Waals surface area contributed by atoms with Crippen molar-refractivity contribution in [1.82, 2.24) is 5.16 Å². The molecular weight excluding hydrogens is 266 g/mol. The van der Waals surface area contributed by atoms with Crippen LogP contribution < -0.4 is 10.2 Å². The Kier molecular flexibility index (Phi) is 3.90. The number of carbonyl (C=O) groups excluding carboxylic acids is 1. The quantitative estimate of drug-likeness (QED) is 0.942. The van der Waals surface area contributed by atoms with Gasteiger partial charge in [0.15, 0.2) is 5.82 Å². The van der Waals surface area contributed by atoms with Gasteiger partial charge in [-0.05, 0) is 31.9 Å². The van der Waals surface area contributed by atoms with Crippen molar-refractivity contribution < 1.29 is 9.32 Å². The highest BCUT2D eigenvalue weighted by Gasteiger charge is 2.25. The molecule has 1 aromatic heterocycles. The number of nitrogens with one attached hydrogen (secondary N) is 1. The van der Waals surface area contributed by atoms with E-state index in [0.717, 1.165) is 25.9 Å². The van der Waals surface area contributed by atoms with Crippen LogP contribution in [0.3, 0.4) is 0 Å². The molecule has 2 aromatic rings. The minimum Gasteiger partial charge on any atom is -0.371 e. The second-order valence-electron chi connectivity index (χ2n) is 5.41. The minimum atomic E-state index is 0.0380. The lowest BCUT2D eigenvalue weighted by Gasteiger charge is -2.32. The molecule has 0 spiro atoms. The number of nitrogens with zero attached hydrogens (tertiary/aromatic N) is 2. The SMILES string of the molecule is Cc1cc(NC(=O)C2CCN(c3ccccc3)CC2)no1.